The predicted molar refractivity (Wildman–Crippen MR) is 135 cm³/mol. The van der Waals surface area contributed by atoms with Crippen LogP contribution in [0.1, 0.15) is 37.8 Å². The molecule has 1 saturated heterocycles. The number of piperidine rings is 1. The Balaban J connectivity index is 1.74. The van der Waals surface area contributed by atoms with Crippen LogP contribution in [0, 0.1) is 22.7 Å². The molecule has 36 heavy (non-hydrogen) atoms. The van der Waals surface area contributed by atoms with Crippen molar-refractivity contribution in [3.05, 3.63) is 65.7 Å². The Bertz CT molecular complexity index is 1160. The fourth-order valence-corrected chi connectivity index (χ4v) is 5.64. The fourth-order valence-electron chi connectivity index (χ4n) is 4.14. The summed E-state index contributed by atoms with van der Waals surface area (Å²) in [7, 11) is -3.67. The summed E-state index contributed by atoms with van der Waals surface area (Å²) in [6.45, 7) is 5.11. The summed E-state index contributed by atoms with van der Waals surface area (Å²) in [6.07, 6.45) is -1.49. The van der Waals surface area contributed by atoms with Crippen molar-refractivity contribution in [2.24, 2.45) is 5.92 Å². The summed E-state index contributed by atoms with van der Waals surface area (Å²) in [6, 6.07) is 18.0. The molecule has 1 N–H and O–H groups in total. The van der Waals surface area contributed by atoms with Gasteiger partial charge in [0.25, 0.3) is 5.90 Å². The van der Waals surface area contributed by atoms with E-state index in [4.69, 9.17) is 15.4 Å². The molecule has 7 nitrogen and oxygen atoms in total. The van der Waals surface area contributed by atoms with Crippen LogP contribution >= 0.6 is 0 Å². The highest BCUT2D eigenvalue weighted by Gasteiger charge is 2.28. The molecular formula is C26H32F2N4O3S. The first-order valence-corrected chi connectivity index (χ1v) is 13.5. The molecule has 10 heteroatoms. The molecule has 0 atom stereocenters. The SMILES string of the molecule is CC(C)(OC(=N)C(F)F)c1ccc(CN(c2ccccc2)S(=O)(=O)CCN2CCC(C#N)CC2)cc1. The van der Waals surface area contributed by atoms with Crippen LogP contribution in [0.15, 0.2) is 54.6 Å². The van der Waals surface area contributed by atoms with E-state index in [0.717, 1.165) is 18.4 Å². The zero-order valence-corrected chi connectivity index (χ0v) is 21.3. The number of nitrogens with one attached hydrogen (secondary N) is 1. The van der Waals surface area contributed by atoms with Crippen LogP contribution < -0.4 is 4.31 Å². The average molecular weight is 519 g/mol. The summed E-state index contributed by atoms with van der Waals surface area (Å²) in [5.41, 5.74) is 0.724. The van der Waals surface area contributed by atoms with Gasteiger partial charge in [0.05, 0.1) is 24.1 Å². The second-order valence-corrected chi connectivity index (χ2v) is 11.4. The highest BCUT2D eigenvalue weighted by molar-refractivity contribution is 7.92. The van der Waals surface area contributed by atoms with Gasteiger partial charge in [-0.05, 0) is 63.0 Å². The maximum atomic E-state index is 13.4. The number of anilines is 1. The lowest BCUT2D eigenvalue weighted by Crippen LogP contribution is -2.40. The van der Waals surface area contributed by atoms with Crippen LogP contribution in [0.3, 0.4) is 0 Å². The number of para-hydroxylation sites is 1. The van der Waals surface area contributed by atoms with E-state index < -0.39 is 27.9 Å². The van der Waals surface area contributed by atoms with Crippen LogP contribution in [0.4, 0.5) is 14.5 Å². The van der Waals surface area contributed by atoms with Crippen LogP contribution in [0.5, 0.6) is 0 Å². The largest absolute Gasteiger partial charge is 0.466 e. The van der Waals surface area contributed by atoms with Crippen molar-refractivity contribution in [3.8, 4) is 6.07 Å². The van der Waals surface area contributed by atoms with E-state index >= 15 is 0 Å². The van der Waals surface area contributed by atoms with Gasteiger partial charge >= 0.3 is 6.43 Å². The molecule has 0 spiro atoms. The smallest absolute Gasteiger partial charge is 0.312 e. The molecule has 0 aromatic heterocycles. The summed E-state index contributed by atoms with van der Waals surface area (Å²) in [4.78, 5) is 2.09. The van der Waals surface area contributed by atoms with Crippen molar-refractivity contribution in [2.45, 2.75) is 45.3 Å². The van der Waals surface area contributed by atoms with Gasteiger partial charge in [-0.3, -0.25) is 9.71 Å². The van der Waals surface area contributed by atoms with Gasteiger partial charge in [-0.1, -0.05) is 42.5 Å². The lowest BCUT2D eigenvalue weighted by Gasteiger charge is -2.31. The maximum Gasteiger partial charge on any atom is 0.312 e. The Morgan fingerprint density at radius 2 is 1.78 bits per heavy atom. The van der Waals surface area contributed by atoms with Crippen molar-refractivity contribution < 1.29 is 21.9 Å². The summed E-state index contributed by atoms with van der Waals surface area (Å²) in [5, 5.41) is 16.4. The zero-order chi connectivity index (χ0) is 26.3. The first kappa shape index (κ1) is 27.6. The van der Waals surface area contributed by atoms with Crippen molar-refractivity contribution in [3.63, 3.8) is 0 Å². The quantitative estimate of drug-likeness (QED) is 0.362. The van der Waals surface area contributed by atoms with Gasteiger partial charge in [0.1, 0.15) is 5.60 Å². The third kappa shape index (κ3) is 7.24. The highest BCUT2D eigenvalue weighted by Crippen LogP contribution is 2.28. The van der Waals surface area contributed by atoms with Crippen LogP contribution in [0.25, 0.3) is 0 Å². The Labute approximate surface area is 211 Å². The number of alkyl halides is 2. The third-order valence-corrected chi connectivity index (χ3v) is 8.06. The normalized spacial score (nSPS) is 15.4. The number of halogens is 2. The van der Waals surface area contributed by atoms with E-state index in [1.54, 1.807) is 62.4 Å². The lowest BCUT2D eigenvalue weighted by atomic mass is 9.97. The van der Waals surface area contributed by atoms with E-state index in [1.807, 2.05) is 6.07 Å². The van der Waals surface area contributed by atoms with Crippen LogP contribution in [0.2, 0.25) is 0 Å². The molecule has 0 aliphatic carbocycles. The third-order valence-electron chi connectivity index (χ3n) is 6.35. The van der Waals surface area contributed by atoms with Crippen molar-refractivity contribution >= 4 is 21.6 Å². The first-order valence-electron chi connectivity index (χ1n) is 11.8. The minimum Gasteiger partial charge on any atom is -0.466 e. The standard InChI is InChI=1S/C26H32F2N4O3S/c1-26(2,35-25(30)24(27)28)22-10-8-21(9-11-22)19-32(23-6-4-3-5-7-23)36(33,34)17-16-31-14-12-20(18-29)13-15-31/h3-11,20,24,30H,12-17,19H2,1-2H3. The van der Waals surface area contributed by atoms with E-state index in [1.165, 1.54) is 4.31 Å². The van der Waals surface area contributed by atoms with Gasteiger partial charge < -0.3 is 9.64 Å². The molecule has 2 aromatic rings. The number of hydrogen-bond acceptors (Lipinski definition) is 6. The van der Waals surface area contributed by atoms with Gasteiger partial charge in [0.2, 0.25) is 10.0 Å². The molecule has 1 heterocycles. The molecule has 0 bridgehead atoms. The molecule has 1 aliphatic rings. The molecule has 0 amide bonds. The second-order valence-electron chi connectivity index (χ2n) is 9.38. The van der Waals surface area contributed by atoms with E-state index in [9.17, 15) is 17.2 Å². The number of nitrogens with zero attached hydrogens (tertiary/aromatic N) is 3. The molecule has 0 unspecified atom stereocenters. The Hall–Kier alpha value is -3.03. The van der Waals surface area contributed by atoms with Crippen molar-refractivity contribution in [2.75, 3.05) is 29.7 Å². The summed E-state index contributed by atoms with van der Waals surface area (Å²) in [5.74, 6) is -1.10. The Morgan fingerprint density at radius 3 is 2.33 bits per heavy atom. The fraction of sp³-hybridized carbons (Fsp3) is 0.462. The lowest BCUT2D eigenvalue weighted by molar-refractivity contribution is 0.0580. The van der Waals surface area contributed by atoms with Gasteiger partial charge in [-0.2, -0.15) is 14.0 Å². The van der Waals surface area contributed by atoms with Crippen LogP contribution in [-0.2, 0) is 26.9 Å². The Kier molecular flexibility index (Phi) is 9.03. The molecule has 194 valence electrons. The first-order chi connectivity index (χ1) is 17.0. The van der Waals surface area contributed by atoms with Gasteiger partial charge in [-0.15, -0.1) is 0 Å². The number of likely N-dealkylation sites (tertiary alicyclic amines) is 1. The molecule has 2 aromatic carbocycles. The van der Waals surface area contributed by atoms with Gasteiger partial charge in [0, 0.05) is 12.5 Å². The number of nitriles is 1. The predicted octanol–water partition coefficient (Wildman–Crippen LogP) is 4.75. The van der Waals surface area contributed by atoms with E-state index in [0.29, 0.717) is 30.9 Å². The number of benzene rings is 2. The monoisotopic (exact) mass is 518 g/mol. The van der Waals surface area contributed by atoms with Crippen molar-refractivity contribution in [1.29, 1.82) is 10.7 Å². The second kappa shape index (κ2) is 11.8. The molecule has 1 fully saturated rings. The molecule has 3 rings (SSSR count). The van der Waals surface area contributed by atoms with Crippen molar-refractivity contribution in [1.82, 2.24) is 4.90 Å². The minimum absolute atomic E-state index is 0.0398. The number of ether oxygens (including phenoxy) is 1. The molecule has 0 radical (unpaired) electrons. The number of hydrogen-bond donors (Lipinski definition) is 1. The molecular weight excluding hydrogens is 486 g/mol. The topological polar surface area (TPSA) is 97.5 Å². The minimum atomic E-state index is -3.67. The summed E-state index contributed by atoms with van der Waals surface area (Å²) >= 11 is 0. The zero-order valence-electron chi connectivity index (χ0n) is 20.5. The van der Waals surface area contributed by atoms with E-state index in [-0.39, 0.29) is 18.2 Å². The van der Waals surface area contributed by atoms with Gasteiger partial charge in [0.15, 0.2) is 0 Å². The van der Waals surface area contributed by atoms with E-state index in [2.05, 4.69) is 11.0 Å². The van der Waals surface area contributed by atoms with Gasteiger partial charge in [-0.25, -0.2) is 8.42 Å². The Morgan fingerprint density at radius 1 is 1.17 bits per heavy atom. The summed E-state index contributed by atoms with van der Waals surface area (Å²) < 4.78 is 58.9. The van der Waals surface area contributed by atoms with Crippen LogP contribution in [-0.4, -0.2) is 51.0 Å². The molecule has 1 aliphatic heterocycles. The maximum absolute atomic E-state index is 13.4. The average Bonchev–Trinajstić information content (AvgIpc) is 2.86. The number of sulfonamides is 1. The highest BCUT2D eigenvalue weighted by atomic mass is 32.2. The molecule has 0 saturated carbocycles. The number of rotatable bonds is 10.